The van der Waals surface area contributed by atoms with Crippen molar-refractivity contribution in [1.82, 2.24) is 20.3 Å². The molecular weight excluding hydrogens is 278 g/mol. The molecule has 2 aromatic rings. The first kappa shape index (κ1) is 14.4. The number of rotatable bonds is 3. The summed E-state index contributed by atoms with van der Waals surface area (Å²) >= 11 is 0. The first-order valence-corrected chi connectivity index (χ1v) is 7.49. The number of hydrogen-bond acceptors (Lipinski definition) is 5. The van der Waals surface area contributed by atoms with E-state index in [9.17, 15) is 4.79 Å². The van der Waals surface area contributed by atoms with Crippen molar-refractivity contribution < 1.29 is 4.79 Å². The maximum absolute atomic E-state index is 12.3. The van der Waals surface area contributed by atoms with E-state index in [4.69, 9.17) is 0 Å². The minimum Gasteiger partial charge on any atom is -0.346 e. The molecule has 2 aromatic heterocycles. The van der Waals surface area contributed by atoms with Gasteiger partial charge in [-0.2, -0.15) is 0 Å². The van der Waals surface area contributed by atoms with Crippen molar-refractivity contribution in [1.29, 1.82) is 0 Å². The summed E-state index contributed by atoms with van der Waals surface area (Å²) in [5.74, 6) is 0.597. The van der Waals surface area contributed by atoms with Crippen molar-refractivity contribution in [3.8, 4) is 0 Å². The first-order valence-electron chi connectivity index (χ1n) is 7.49. The third-order valence-electron chi connectivity index (χ3n) is 3.71. The Morgan fingerprint density at radius 3 is 2.86 bits per heavy atom. The minimum absolute atomic E-state index is 0.0902. The van der Waals surface area contributed by atoms with Gasteiger partial charge in [0.2, 0.25) is 5.95 Å². The highest BCUT2D eigenvalue weighted by Crippen LogP contribution is 2.15. The van der Waals surface area contributed by atoms with Crippen LogP contribution in [0.2, 0.25) is 0 Å². The number of piperidine rings is 1. The lowest BCUT2D eigenvalue weighted by molar-refractivity contribution is 0.0928. The van der Waals surface area contributed by atoms with Crippen LogP contribution in [0.15, 0.2) is 36.7 Å². The predicted molar refractivity (Wildman–Crippen MR) is 83.7 cm³/mol. The van der Waals surface area contributed by atoms with Gasteiger partial charge in [-0.1, -0.05) is 6.07 Å². The molecule has 1 atom stereocenters. The number of carbonyl (C=O) groups is 1. The Morgan fingerprint density at radius 2 is 2.09 bits per heavy atom. The zero-order valence-corrected chi connectivity index (χ0v) is 12.6. The van der Waals surface area contributed by atoms with Gasteiger partial charge in [0.05, 0.1) is 0 Å². The number of carbonyl (C=O) groups excluding carboxylic acids is 1. The Kier molecular flexibility index (Phi) is 4.27. The molecule has 1 unspecified atom stereocenters. The number of aryl methyl sites for hydroxylation is 1. The normalized spacial score (nSPS) is 18.0. The van der Waals surface area contributed by atoms with Crippen LogP contribution in [0, 0.1) is 6.92 Å². The fourth-order valence-electron chi connectivity index (χ4n) is 2.66. The molecule has 0 radical (unpaired) electrons. The minimum atomic E-state index is -0.121. The summed E-state index contributed by atoms with van der Waals surface area (Å²) in [4.78, 5) is 27.2. The number of aromatic nitrogens is 3. The third-order valence-corrected chi connectivity index (χ3v) is 3.71. The van der Waals surface area contributed by atoms with Crippen LogP contribution in [0.1, 0.15) is 29.0 Å². The smallest absolute Gasteiger partial charge is 0.270 e. The van der Waals surface area contributed by atoms with E-state index in [1.54, 1.807) is 24.5 Å². The monoisotopic (exact) mass is 297 g/mol. The maximum atomic E-state index is 12.3. The molecule has 1 aliphatic heterocycles. The van der Waals surface area contributed by atoms with Crippen LogP contribution in [0.4, 0.5) is 5.95 Å². The van der Waals surface area contributed by atoms with E-state index in [2.05, 4.69) is 25.2 Å². The zero-order valence-electron chi connectivity index (χ0n) is 12.6. The summed E-state index contributed by atoms with van der Waals surface area (Å²) in [6.45, 7) is 3.52. The molecule has 6 nitrogen and oxygen atoms in total. The molecule has 114 valence electrons. The lowest BCUT2D eigenvalue weighted by atomic mass is 10.1. The lowest BCUT2D eigenvalue weighted by Crippen LogP contribution is -2.48. The van der Waals surface area contributed by atoms with Crippen molar-refractivity contribution in [3.63, 3.8) is 0 Å². The van der Waals surface area contributed by atoms with Gasteiger partial charge >= 0.3 is 0 Å². The molecule has 0 aliphatic carbocycles. The average molecular weight is 297 g/mol. The zero-order chi connectivity index (χ0) is 15.4. The van der Waals surface area contributed by atoms with Crippen LogP contribution in [0.25, 0.3) is 0 Å². The molecule has 1 saturated heterocycles. The molecular formula is C16H19N5O. The van der Waals surface area contributed by atoms with Crippen molar-refractivity contribution in [2.75, 3.05) is 18.0 Å². The predicted octanol–water partition coefficient (Wildman–Crippen LogP) is 1.58. The molecule has 0 aromatic carbocycles. The summed E-state index contributed by atoms with van der Waals surface area (Å²) < 4.78 is 0. The Bertz CT molecular complexity index is 646. The van der Waals surface area contributed by atoms with Gasteiger partial charge in [0.15, 0.2) is 0 Å². The molecule has 0 spiro atoms. The van der Waals surface area contributed by atoms with Crippen LogP contribution in [-0.4, -0.2) is 40.0 Å². The van der Waals surface area contributed by atoms with Crippen molar-refractivity contribution >= 4 is 11.9 Å². The highest BCUT2D eigenvalue weighted by atomic mass is 16.1. The number of hydrogen-bond donors (Lipinski definition) is 1. The number of anilines is 1. The van der Waals surface area contributed by atoms with E-state index in [0.717, 1.165) is 37.6 Å². The van der Waals surface area contributed by atoms with E-state index < -0.39 is 0 Å². The van der Waals surface area contributed by atoms with Gasteiger partial charge in [-0.15, -0.1) is 0 Å². The van der Waals surface area contributed by atoms with Gasteiger partial charge in [-0.05, 0) is 38.0 Å². The molecule has 1 amide bonds. The molecule has 0 saturated carbocycles. The summed E-state index contributed by atoms with van der Waals surface area (Å²) in [7, 11) is 0. The van der Waals surface area contributed by atoms with Crippen molar-refractivity contribution in [2.24, 2.45) is 0 Å². The quantitative estimate of drug-likeness (QED) is 0.931. The number of amides is 1. The van der Waals surface area contributed by atoms with E-state index in [1.807, 2.05) is 19.1 Å². The topological polar surface area (TPSA) is 71.0 Å². The van der Waals surface area contributed by atoms with E-state index in [0.29, 0.717) is 5.69 Å². The number of nitrogens with zero attached hydrogens (tertiary/aromatic N) is 4. The van der Waals surface area contributed by atoms with Gasteiger partial charge in [0, 0.05) is 37.2 Å². The highest BCUT2D eigenvalue weighted by molar-refractivity contribution is 5.92. The third kappa shape index (κ3) is 3.39. The highest BCUT2D eigenvalue weighted by Gasteiger charge is 2.23. The first-order chi connectivity index (χ1) is 10.7. The Morgan fingerprint density at radius 1 is 1.27 bits per heavy atom. The molecule has 1 fully saturated rings. The van der Waals surface area contributed by atoms with E-state index in [-0.39, 0.29) is 11.9 Å². The molecule has 0 bridgehead atoms. The number of pyridine rings is 1. The summed E-state index contributed by atoms with van der Waals surface area (Å²) in [5, 5.41) is 3.06. The average Bonchev–Trinajstić information content (AvgIpc) is 2.56. The Balaban J connectivity index is 1.64. The Hall–Kier alpha value is -2.50. The summed E-state index contributed by atoms with van der Waals surface area (Å²) in [6.07, 6.45) is 5.44. The molecule has 3 rings (SSSR count). The second-order valence-electron chi connectivity index (χ2n) is 5.47. The molecule has 6 heteroatoms. The van der Waals surface area contributed by atoms with E-state index in [1.165, 1.54) is 0 Å². The molecule has 3 heterocycles. The van der Waals surface area contributed by atoms with E-state index >= 15 is 0 Å². The van der Waals surface area contributed by atoms with Crippen molar-refractivity contribution in [3.05, 3.63) is 48.0 Å². The van der Waals surface area contributed by atoms with Crippen LogP contribution >= 0.6 is 0 Å². The standard InChI is InChI=1S/C16H19N5O/c1-12-5-2-7-14(19-12)15(22)20-13-6-3-10-21(11-13)16-17-8-4-9-18-16/h2,4-5,7-9,13H,3,6,10-11H2,1H3,(H,20,22). The second kappa shape index (κ2) is 6.51. The van der Waals surface area contributed by atoms with Gasteiger partial charge in [0.25, 0.3) is 5.91 Å². The maximum Gasteiger partial charge on any atom is 0.270 e. The SMILES string of the molecule is Cc1cccc(C(=O)NC2CCCN(c3ncccn3)C2)n1. The van der Waals surface area contributed by atoms with Crippen LogP contribution in [0.5, 0.6) is 0 Å². The van der Waals surface area contributed by atoms with Gasteiger partial charge in [0.1, 0.15) is 5.69 Å². The fourth-order valence-corrected chi connectivity index (χ4v) is 2.66. The van der Waals surface area contributed by atoms with Crippen LogP contribution in [-0.2, 0) is 0 Å². The second-order valence-corrected chi connectivity index (χ2v) is 5.47. The molecule has 1 N–H and O–H groups in total. The fraction of sp³-hybridized carbons (Fsp3) is 0.375. The molecule has 1 aliphatic rings. The largest absolute Gasteiger partial charge is 0.346 e. The summed E-state index contributed by atoms with van der Waals surface area (Å²) in [6, 6.07) is 7.36. The van der Waals surface area contributed by atoms with Crippen LogP contribution < -0.4 is 10.2 Å². The lowest BCUT2D eigenvalue weighted by Gasteiger charge is -2.33. The van der Waals surface area contributed by atoms with Crippen molar-refractivity contribution in [2.45, 2.75) is 25.8 Å². The van der Waals surface area contributed by atoms with Gasteiger partial charge in [-0.25, -0.2) is 15.0 Å². The summed E-state index contributed by atoms with van der Waals surface area (Å²) in [5.41, 5.74) is 1.31. The van der Waals surface area contributed by atoms with Crippen LogP contribution in [0.3, 0.4) is 0 Å². The molecule has 22 heavy (non-hydrogen) atoms. The Labute approximate surface area is 129 Å². The van der Waals surface area contributed by atoms with Gasteiger partial charge < -0.3 is 10.2 Å². The van der Waals surface area contributed by atoms with Gasteiger partial charge in [-0.3, -0.25) is 4.79 Å². The number of nitrogens with one attached hydrogen (secondary N) is 1.